The molecule has 0 aliphatic carbocycles. The van der Waals surface area contributed by atoms with Crippen LogP contribution in [0.2, 0.25) is 0 Å². The molecule has 0 nitrogen and oxygen atoms in total. The Balaban J connectivity index is 2.02. The lowest BCUT2D eigenvalue weighted by Crippen LogP contribution is -2.08. The zero-order chi connectivity index (χ0) is 7.23. The van der Waals surface area contributed by atoms with E-state index in [0.29, 0.717) is 0 Å². The van der Waals surface area contributed by atoms with Crippen molar-refractivity contribution in [2.75, 3.05) is 22.3 Å². The van der Waals surface area contributed by atoms with Crippen molar-refractivity contribution in [2.24, 2.45) is 0 Å². The molecule has 0 N–H and O–H groups in total. The maximum absolute atomic E-state index is 4.16. The van der Waals surface area contributed by atoms with Gasteiger partial charge in [-0.2, -0.15) is 12.6 Å². The van der Waals surface area contributed by atoms with Gasteiger partial charge in [-0.1, -0.05) is 0 Å². The number of thiol groups is 1. The van der Waals surface area contributed by atoms with Gasteiger partial charge in [0.1, 0.15) is 0 Å². The van der Waals surface area contributed by atoms with Crippen molar-refractivity contribution < 1.29 is 0 Å². The highest BCUT2D eigenvalue weighted by atomic mass is 32.2. The highest BCUT2D eigenvalue weighted by Gasteiger charge is 2.13. The Morgan fingerprint density at radius 3 is 2.70 bits per heavy atom. The predicted molar refractivity (Wildman–Crippen MR) is 59.6 cm³/mol. The summed E-state index contributed by atoms with van der Waals surface area (Å²) in [6, 6.07) is 0. The molecule has 0 radical (unpaired) electrons. The van der Waals surface area contributed by atoms with Crippen LogP contribution in [-0.2, 0) is 0 Å². The minimum atomic E-state index is 0.853. The summed E-state index contributed by atoms with van der Waals surface area (Å²) in [6.07, 6.45) is 1.40. The van der Waals surface area contributed by atoms with E-state index in [2.05, 4.69) is 36.2 Å². The maximum atomic E-state index is 4.16. The van der Waals surface area contributed by atoms with Crippen LogP contribution in [0.3, 0.4) is 0 Å². The van der Waals surface area contributed by atoms with Crippen LogP contribution in [0, 0.1) is 0 Å². The van der Waals surface area contributed by atoms with Crippen molar-refractivity contribution in [1.29, 1.82) is 0 Å². The summed E-state index contributed by atoms with van der Waals surface area (Å²) in [4.78, 5) is 0. The average Bonchev–Trinajstić information content (AvgIpc) is 2.03. The normalized spacial score (nSPS) is 21.3. The molecular formula is C6H12S4. The lowest BCUT2D eigenvalue weighted by atomic mass is 10.6. The molecule has 1 saturated heterocycles. The van der Waals surface area contributed by atoms with Crippen LogP contribution in [-0.4, -0.2) is 26.9 Å². The van der Waals surface area contributed by atoms with E-state index in [1.165, 1.54) is 23.7 Å². The second-order valence-electron chi connectivity index (χ2n) is 2.02. The molecule has 4 heteroatoms. The van der Waals surface area contributed by atoms with E-state index < -0.39 is 0 Å². The quantitative estimate of drug-likeness (QED) is 0.565. The Kier molecular flexibility index (Phi) is 5.67. The standard InChI is InChI=1S/C6H12S4/c7-5-8-4-6-9-2-1-3-10-6/h6-7H,1-5H2. The van der Waals surface area contributed by atoms with E-state index in [-0.39, 0.29) is 0 Å². The molecule has 0 aromatic heterocycles. The lowest BCUT2D eigenvalue weighted by molar-refractivity contribution is 1.10. The first kappa shape index (κ1) is 9.49. The molecule has 1 fully saturated rings. The number of thioether (sulfide) groups is 3. The second kappa shape index (κ2) is 5.98. The highest BCUT2D eigenvalue weighted by Crippen LogP contribution is 2.32. The van der Waals surface area contributed by atoms with Gasteiger partial charge in [0.15, 0.2) is 0 Å². The van der Waals surface area contributed by atoms with Gasteiger partial charge < -0.3 is 0 Å². The third-order valence-corrected chi connectivity index (χ3v) is 5.90. The van der Waals surface area contributed by atoms with E-state index in [9.17, 15) is 0 Å². The van der Waals surface area contributed by atoms with Crippen LogP contribution in [0.5, 0.6) is 0 Å². The molecular weight excluding hydrogens is 200 g/mol. The fourth-order valence-corrected chi connectivity index (χ4v) is 5.04. The molecule has 10 heavy (non-hydrogen) atoms. The van der Waals surface area contributed by atoms with Crippen molar-refractivity contribution in [1.82, 2.24) is 0 Å². The Morgan fingerprint density at radius 1 is 1.40 bits per heavy atom. The van der Waals surface area contributed by atoms with Gasteiger partial charge in [0.25, 0.3) is 0 Å². The first-order valence-electron chi connectivity index (χ1n) is 3.35. The lowest BCUT2D eigenvalue weighted by Gasteiger charge is -2.19. The van der Waals surface area contributed by atoms with Crippen LogP contribution in [0.1, 0.15) is 6.42 Å². The Hall–Kier alpha value is 1.40. The Morgan fingerprint density at radius 2 is 2.10 bits per heavy atom. The predicted octanol–water partition coefficient (Wildman–Crippen LogP) is 2.80. The molecule has 1 aliphatic rings. The van der Waals surface area contributed by atoms with E-state index in [1.807, 2.05) is 11.8 Å². The van der Waals surface area contributed by atoms with Gasteiger partial charge in [-0.25, -0.2) is 0 Å². The zero-order valence-corrected chi connectivity index (χ0v) is 9.13. The Bertz CT molecular complexity index is 79.8. The van der Waals surface area contributed by atoms with Crippen LogP contribution in [0.15, 0.2) is 0 Å². The van der Waals surface area contributed by atoms with Gasteiger partial charge in [-0.3, -0.25) is 0 Å². The fourth-order valence-electron chi connectivity index (χ4n) is 0.782. The van der Waals surface area contributed by atoms with Crippen molar-refractivity contribution in [3.63, 3.8) is 0 Å². The van der Waals surface area contributed by atoms with Crippen molar-refractivity contribution in [3.05, 3.63) is 0 Å². The monoisotopic (exact) mass is 212 g/mol. The summed E-state index contributed by atoms with van der Waals surface area (Å²) in [5, 5.41) is 0.970. The second-order valence-corrected chi connectivity index (χ2v) is 6.72. The van der Waals surface area contributed by atoms with Crippen LogP contribution < -0.4 is 0 Å². The van der Waals surface area contributed by atoms with Crippen LogP contribution in [0.25, 0.3) is 0 Å². The fraction of sp³-hybridized carbons (Fsp3) is 1.00. The van der Waals surface area contributed by atoms with Gasteiger partial charge in [-0.05, 0) is 17.9 Å². The van der Waals surface area contributed by atoms with E-state index >= 15 is 0 Å². The van der Waals surface area contributed by atoms with E-state index in [1.54, 1.807) is 0 Å². The van der Waals surface area contributed by atoms with Crippen molar-refractivity contribution >= 4 is 47.9 Å². The number of rotatable bonds is 3. The molecule has 0 saturated carbocycles. The SMILES string of the molecule is SCSCC1SCCCS1. The molecule has 1 rings (SSSR count). The van der Waals surface area contributed by atoms with E-state index in [0.717, 1.165) is 9.67 Å². The van der Waals surface area contributed by atoms with Crippen molar-refractivity contribution in [2.45, 2.75) is 11.0 Å². The molecule has 0 atom stereocenters. The number of hydrogen-bond acceptors (Lipinski definition) is 4. The summed E-state index contributed by atoms with van der Waals surface area (Å²) >= 11 is 10.3. The summed E-state index contributed by atoms with van der Waals surface area (Å²) in [7, 11) is 0. The minimum Gasteiger partial charge on any atom is -0.168 e. The summed E-state index contributed by atoms with van der Waals surface area (Å²) in [6.45, 7) is 0. The molecule has 0 unspecified atom stereocenters. The molecule has 0 aromatic rings. The molecule has 60 valence electrons. The minimum absolute atomic E-state index is 0.853. The van der Waals surface area contributed by atoms with E-state index in [4.69, 9.17) is 0 Å². The van der Waals surface area contributed by atoms with Gasteiger partial charge in [0.2, 0.25) is 0 Å². The van der Waals surface area contributed by atoms with Crippen LogP contribution >= 0.6 is 47.9 Å². The third kappa shape index (κ3) is 3.69. The average molecular weight is 212 g/mol. The summed E-state index contributed by atoms with van der Waals surface area (Å²) < 4.78 is 0.853. The third-order valence-electron chi connectivity index (χ3n) is 1.24. The first-order valence-corrected chi connectivity index (χ1v) is 7.24. The van der Waals surface area contributed by atoms with Gasteiger partial charge in [0.05, 0.1) is 4.58 Å². The molecule has 0 bridgehead atoms. The van der Waals surface area contributed by atoms with Crippen molar-refractivity contribution in [3.8, 4) is 0 Å². The summed E-state index contributed by atoms with van der Waals surface area (Å²) in [5.74, 6) is 4.01. The molecule has 0 spiro atoms. The summed E-state index contributed by atoms with van der Waals surface area (Å²) in [5.41, 5.74) is 0. The smallest absolute Gasteiger partial charge is 0.0593 e. The first-order chi connectivity index (χ1) is 4.93. The van der Waals surface area contributed by atoms with Gasteiger partial charge in [-0.15, -0.1) is 35.3 Å². The molecule has 0 amide bonds. The molecule has 1 heterocycles. The maximum Gasteiger partial charge on any atom is 0.0593 e. The molecule has 0 aromatic carbocycles. The topological polar surface area (TPSA) is 0 Å². The molecule has 1 aliphatic heterocycles. The largest absolute Gasteiger partial charge is 0.168 e. The number of hydrogen-bond donors (Lipinski definition) is 1. The highest BCUT2D eigenvalue weighted by molar-refractivity contribution is 8.19. The van der Waals surface area contributed by atoms with Gasteiger partial charge in [0, 0.05) is 10.8 Å². The van der Waals surface area contributed by atoms with Gasteiger partial charge >= 0.3 is 0 Å². The Labute approximate surface area is 81.1 Å². The zero-order valence-electron chi connectivity index (χ0n) is 5.78. The van der Waals surface area contributed by atoms with Crippen LogP contribution in [0.4, 0.5) is 0 Å².